The molecule has 1 aromatic heterocycles. The third-order valence-electron chi connectivity index (χ3n) is 3.40. The van der Waals surface area contributed by atoms with Gasteiger partial charge in [0.25, 0.3) is 0 Å². The summed E-state index contributed by atoms with van der Waals surface area (Å²) >= 11 is 9.28. The van der Waals surface area contributed by atoms with Gasteiger partial charge in [-0.2, -0.15) is 13.9 Å². The average Bonchev–Trinajstić information content (AvgIpc) is 2.76. The number of hydrogen-bond donors (Lipinski definition) is 1. The van der Waals surface area contributed by atoms with Crippen LogP contribution in [0.2, 0.25) is 5.02 Å². The summed E-state index contributed by atoms with van der Waals surface area (Å²) in [4.78, 5) is 12.4. The quantitative estimate of drug-likeness (QED) is 0.759. The molecule has 1 amide bonds. The molecule has 0 aliphatic heterocycles. The summed E-state index contributed by atoms with van der Waals surface area (Å²) in [6, 6.07) is 3.49. The Morgan fingerprint density at radius 2 is 2.08 bits per heavy atom. The molecule has 1 heterocycles. The topological polar surface area (TPSA) is 56.2 Å². The van der Waals surface area contributed by atoms with Crippen molar-refractivity contribution in [3.8, 4) is 5.75 Å². The molecule has 1 aromatic carbocycles. The van der Waals surface area contributed by atoms with Crippen LogP contribution in [0.25, 0.3) is 0 Å². The van der Waals surface area contributed by atoms with E-state index in [0.29, 0.717) is 5.69 Å². The van der Waals surface area contributed by atoms with Gasteiger partial charge in [-0.15, -0.1) is 0 Å². The van der Waals surface area contributed by atoms with Gasteiger partial charge >= 0.3 is 6.61 Å². The number of aromatic nitrogens is 2. The van der Waals surface area contributed by atoms with Crippen LogP contribution in [-0.2, 0) is 4.79 Å². The fraction of sp³-hybridized carbons (Fsp3) is 0.333. The normalized spacial score (nSPS) is 12.3. The lowest BCUT2D eigenvalue weighted by molar-refractivity contribution is -0.119. The fourth-order valence-electron chi connectivity index (χ4n) is 2.15. The number of carbonyl (C=O) groups excluding carboxylic acids is 1. The highest BCUT2D eigenvalue weighted by Crippen LogP contribution is 2.29. The number of nitrogens with one attached hydrogen (secondary N) is 1. The Kier molecular flexibility index (Phi) is 5.82. The van der Waals surface area contributed by atoms with Crippen molar-refractivity contribution >= 4 is 39.1 Å². The number of nitrogens with zero attached hydrogens (tertiary/aromatic N) is 2. The van der Waals surface area contributed by atoms with E-state index in [2.05, 4.69) is 31.1 Å². The van der Waals surface area contributed by atoms with Crippen LogP contribution >= 0.6 is 27.5 Å². The summed E-state index contributed by atoms with van der Waals surface area (Å²) in [5, 5.41) is 6.97. The third kappa shape index (κ3) is 4.05. The van der Waals surface area contributed by atoms with Gasteiger partial charge in [-0.25, -0.2) is 0 Å². The Bertz CT molecular complexity index is 767. The molecule has 1 atom stereocenters. The maximum absolute atomic E-state index is 12.4. The standard InChI is InChI=1S/C15H15BrClF2N3O2/c1-7-13(16)8(2)22(21-7)9(3)14(23)20-10-4-5-12(11(17)6-10)24-15(18)19/h4-6,9,15H,1-3H3,(H,20,23). The highest BCUT2D eigenvalue weighted by Gasteiger charge is 2.21. The van der Waals surface area contributed by atoms with Gasteiger partial charge in [-0.05, 0) is 54.9 Å². The van der Waals surface area contributed by atoms with E-state index in [1.807, 2.05) is 13.8 Å². The molecule has 130 valence electrons. The number of amides is 1. The summed E-state index contributed by atoms with van der Waals surface area (Å²) in [5.74, 6) is -0.466. The Morgan fingerprint density at radius 3 is 2.58 bits per heavy atom. The Hall–Kier alpha value is -1.67. The fourth-order valence-corrected chi connectivity index (χ4v) is 2.63. The molecule has 5 nitrogen and oxygen atoms in total. The van der Waals surface area contributed by atoms with Crippen molar-refractivity contribution in [2.45, 2.75) is 33.4 Å². The molecule has 0 radical (unpaired) electrons. The van der Waals surface area contributed by atoms with Crippen LogP contribution in [0.15, 0.2) is 22.7 Å². The van der Waals surface area contributed by atoms with Crippen LogP contribution in [0.5, 0.6) is 5.75 Å². The van der Waals surface area contributed by atoms with Crippen molar-refractivity contribution < 1.29 is 18.3 Å². The van der Waals surface area contributed by atoms with Crippen LogP contribution in [0, 0.1) is 13.8 Å². The third-order valence-corrected chi connectivity index (χ3v) is 4.84. The zero-order valence-corrected chi connectivity index (χ0v) is 15.5. The smallest absolute Gasteiger partial charge is 0.387 e. The highest BCUT2D eigenvalue weighted by atomic mass is 79.9. The van der Waals surface area contributed by atoms with E-state index in [4.69, 9.17) is 11.6 Å². The molecule has 1 unspecified atom stereocenters. The number of carbonyl (C=O) groups is 1. The van der Waals surface area contributed by atoms with Crippen LogP contribution in [0.4, 0.5) is 14.5 Å². The second-order valence-electron chi connectivity index (χ2n) is 5.12. The minimum atomic E-state index is -2.97. The second kappa shape index (κ2) is 7.48. The first-order valence-electron chi connectivity index (χ1n) is 6.97. The molecule has 24 heavy (non-hydrogen) atoms. The highest BCUT2D eigenvalue weighted by molar-refractivity contribution is 9.10. The van der Waals surface area contributed by atoms with Crippen molar-refractivity contribution in [1.29, 1.82) is 0 Å². The van der Waals surface area contributed by atoms with Crippen molar-refractivity contribution in [3.05, 3.63) is 39.1 Å². The molecule has 0 saturated carbocycles. The number of benzene rings is 1. The van der Waals surface area contributed by atoms with E-state index >= 15 is 0 Å². The van der Waals surface area contributed by atoms with Crippen LogP contribution in [0.1, 0.15) is 24.4 Å². The molecule has 0 saturated heterocycles. The van der Waals surface area contributed by atoms with Crippen LogP contribution < -0.4 is 10.1 Å². The molecular formula is C15H15BrClF2N3O2. The predicted octanol–water partition coefficient (Wildman–Crippen LogP) is 4.72. The van der Waals surface area contributed by atoms with E-state index in [9.17, 15) is 13.6 Å². The van der Waals surface area contributed by atoms with Crippen LogP contribution in [-0.4, -0.2) is 22.3 Å². The lowest BCUT2D eigenvalue weighted by Crippen LogP contribution is -2.25. The number of halogens is 4. The van der Waals surface area contributed by atoms with Gasteiger partial charge in [0.15, 0.2) is 0 Å². The summed E-state index contributed by atoms with van der Waals surface area (Å²) in [7, 11) is 0. The van der Waals surface area contributed by atoms with Gasteiger partial charge < -0.3 is 10.1 Å². The number of hydrogen-bond acceptors (Lipinski definition) is 3. The zero-order valence-electron chi connectivity index (χ0n) is 13.1. The van der Waals surface area contributed by atoms with E-state index in [0.717, 1.165) is 15.9 Å². The maximum Gasteiger partial charge on any atom is 0.387 e. The number of anilines is 1. The van der Waals surface area contributed by atoms with Crippen molar-refractivity contribution in [2.24, 2.45) is 0 Å². The van der Waals surface area contributed by atoms with Gasteiger partial charge in [-0.3, -0.25) is 9.48 Å². The molecular weight excluding hydrogens is 408 g/mol. The molecule has 0 aliphatic rings. The predicted molar refractivity (Wildman–Crippen MR) is 90.8 cm³/mol. The van der Waals surface area contributed by atoms with E-state index in [-0.39, 0.29) is 16.7 Å². The minimum Gasteiger partial charge on any atom is -0.433 e. The Morgan fingerprint density at radius 1 is 1.42 bits per heavy atom. The first-order chi connectivity index (χ1) is 11.2. The van der Waals surface area contributed by atoms with Gasteiger partial charge in [0.2, 0.25) is 5.91 Å². The lowest BCUT2D eigenvalue weighted by atomic mass is 10.2. The van der Waals surface area contributed by atoms with Gasteiger partial charge in [-0.1, -0.05) is 11.6 Å². The Balaban J connectivity index is 2.14. The first kappa shape index (κ1) is 18.7. The van der Waals surface area contributed by atoms with E-state index in [1.165, 1.54) is 18.2 Å². The van der Waals surface area contributed by atoms with Gasteiger partial charge in [0.1, 0.15) is 11.8 Å². The zero-order chi connectivity index (χ0) is 18.0. The van der Waals surface area contributed by atoms with Crippen molar-refractivity contribution in [1.82, 2.24) is 9.78 Å². The number of alkyl halides is 2. The largest absolute Gasteiger partial charge is 0.433 e. The van der Waals surface area contributed by atoms with Crippen LogP contribution in [0.3, 0.4) is 0 Å². The molecule has 0 bridgehead atoms. The molecule has 0 aliphatic carbocycles. The second-order valence-corrected chi connectivity index (χ2v) is 6.32. The van der Waals surface area contributed by atoms with Crippen molar-refractivity contribution in [2.75, 3.05) is 5.32 Å². The maximum atomic E-state index is 12.4. The monoisotopic (exact) mass is 421 g/mol. The van der Waals surface area contributed by atoms with Crippen molar-refractivity contribution in [3.63, 3.8) is 0 Å². The lowest BCUT2D eigenvalue weighted by Gasteiger charge is -2.15. The molecule has 2 rings (SSSR count). The van der Waals surface area contributed by atoms with E-state index in [1.54, 1.807) is 11.6 Å². The van der Waals surface area contributed by atoms with Gasteiger partial charge in [0.05, 0.1) is 20.9 Å². The SMILES string of the molecule is Cc1nn(C(C)C(=O)Nc2ccc(OC(F)F)c(Cl)c2)c(C)c1Br. The molecule has 1 N–H and O–H groups in total. The Labute approximate surface area is 151 Å². The molecule has 9 heteroatoms. The summed E-state index contributed by atoms with van der Waals surface area (Å²) < 4.78 is 31.1. The minimum absolute atomic E-state index is 0.0189. The van der Waals surface area contributed by atoms with E-state index < -0.39 is 12.7 Å². The summed E-state index contributed by atoms with van der Waals surface area (Å²) in [6.45, 7) is 2.42. The average molecular weight is 423 g/mol. The van der Waals surface area contributed by atoms with Gasteiger partial charge in [0, 0.05) is 5.69 Å². The summed E-state index contributed by atoms with van der Waals surface area (Å²) in [6.07, 6.45) is 0. The molecule has 0 fully saturated rings. The summed E-state index contributed by atoms with van der Waals surface area (Å²) in [5.41, 5.74) is 1.98. The number of rotatable bonds is 5. The number of aryl methyl sites for hydroxylation is 1. The first-order valence-corrected chi connectivity index (χ1v) is 8.14. The molecule has 2 aromatic rings. The number of ether oxygens (including phenoxy) is 1. The molecule has 0 spiro atoms.